The highest BCUT2D eigenvalue weighted by molar-refractivity contribution is 8.01. The summed E-state index contributed by atoms with van der Waals surface area (Å²) in [6, 6.07) is 25.9. The van der Waals surface area contributed by atoms with Crippen LogP contribution in [0, 0.1) is 6.92 Å². The molecule has 1 fully saturated rings. The standard InChI is InChI=1S/C24H21NO2S2/c1-17-10-12-20(13-11-17)29(26,27)25-14-15-28-24(25)23-21-8-4-2-6-18(21)16-19-7-3-5-9-22(19)23/h2-13,16,24H,14-15H2,1H3. The van der Waals surface area contributed by atoms with Gasteiger partial charge in [0.1, 0.15) is 0 Å². The average Bonchev–Trinajstić information content (AvgIpc) is 3.22. The molecule has 5 rings (SSSR count). The molecule has 4 aromatic carbocycles. The van der Waals surface area contributed by atoms with Crippen molar-refractivity contribution in [2.24, 2.45) is 0 Å². The first kappa shape index (κ1) is 18.7. The molecule has 4 aromatic rings. The molecule has 0 amide bonds. The van der Waals surface area contributed by atoms with Gasteiger partial charge in [-0.25, -0.2) is 8.42 Å². The van der Waals surface area contributed by atoms with Gasteiger partial charge in [-0.05, 0) is 52.2 Å². The van der Waals surface area contributed by atoms with Gasteiger partial charge in [0, 0.05) is 12.3 Å². The van der Waals surface area contributed by atoms with Gasteiger partial charge in [-0.15, -0.1) is 11.8 Å². The molecule has 0 aliphatic carbocycles. The van der Waals surface area contributed by atoms with E-state index in [1.54, 1.807) is 28.2 Å². The molecule has 5 heteroatoms. The van der Waals surface area contributed by atoms with E-state index in [0.29, 0.717) is 11.4 Å². The Hall–Kier alpha value is -2.34. The Morgan fingerprint density at radius 3 is 2.07 bits per heavy atom. The van der Waals surface area contributed by atoms with E-state index in [-0.39, 0.29) is 5.37 Å². The van der Waals surface area contributed by atoms with Crippen molar-refractivity contribution in [3.63, 3.8) is 0 Å². The van der Waals surface area contributed by atoms with Crippen molar-refractivity contribution >= 4 is 43.3 Å². The highest BCUT2D eigenvalue weighted by Gasteiger charge is 2.38. The molecular weight excluding hydrogens is 398 g/mol. The van der Waals surface area contributed by atoms with Crippen LogP contribution in [0.1, 0.15) is 16.5 Å². The first-order valence-corrected chi connectivity index (χ1v) is 12.1. The van der Waals surface area contributed by atoms with Crippen molar-refractivity contribution in [2.45, 2.75) is 17.2 Å². The Balaban J connectivity index is 1.72. The number of thioether (sulfide) groups is 1. The molecule has 0 bridgehead atoms. The van der Waals surface area contributed by atoms with E-state index in [9.17, 15) is 8.42 Å². The number of benzene rings is 4. The maximum absolute atomic E-state index is 13.5. The SMILES string of the molecule is Cc1ccc(S(=O)(=O)N2CCSC2c2c3ccccc3cc3ccccc23)cc1. The van der Waals surface area contributed by atoms with Crippen LogP contribution in [-0.2, 0) is 10.0 Å². The number of fused-ring (bicyclic) bond motifs is 2. The number of hydrogen-bond acceptors (Lipinski definition) is 3. The smallest absolute Gasteiger partial charge is 0.207 e. The Morgan fingerprint density at radius 1 is 0.862 bits per heavy atom. The zero-order valence-corrected chi connectivity index (χ0v) is 17.7. The minimum atomic E-state index is -3.58. The van der Waals surface area contributed by atoms with Crippen LogP contribution in [0.3, 0.4) is 0 Å². The summed E-state index contributed by atoms with van der Waals surface area (Å²) < 4.78 is 28.7. The predicted molar refractivity (Wildman–Crippen MR) is 122 cm³/mol. The van der Waals surface area contributed by atoms with Crippen LogP contribution in [0.2, 0.25) is 0 Å². The van der Waals surface area contributed by atoms with Crippen LogP contribution in [-0.4, -0.2) is 25.0 Å². The lowest BCUT2D eigenvalue weighted by Crippen LogP contribution is -2.30. The van der Waals surface area contributed by atoms with E-state index in [2.05, 4.69) is 30.3 Å². The van der Waals surface area contributed by atoms with Crippen molar-refractivity contribution in [1.82, 2.24) is 4.31 Å². The maximum atomic E-state index is 13.5. The highest BCUT2D eigenvalue weighted by Crippen LogP contribution is 2.46. The van der Waals surface area contributed by atoms with Gasteiger partial charge in [0.25, 0.3) is 0 Å². The van der Waals surface area contributed by atoms with Gasteiger partial charge in [0.2, 0.25) is 10.0 Å². The van der Waals surface area contributed by atoms with Crippen LogP contribution in [0.4, 0.5) is 0 Å². The van der Waals surface area contributed by atoms with Gasteiger partial charge in [0.15, 0.2) is 0 Å². The molecule has 29 heavy (non-hydrogen) atoms. The summed E-state index contributed by atoms with van der Waals surface area (Å²) in [5.41, 5.74) is 2.15. The monoisotopic (exact) mass is 419 g/mol. The number of sulfonamides is 1. The van der Waals surface area contributed by atoms with Gasteiger partial charge < -0.3 is 0 Å². The Labute approximate surface area is 175 Å². The van der Waals surface area contributed by atoms with Crippen molar-refractivity contribution in [3.05, 3.63) is 90.0 Å². The summed E-state index contributed by atoms with van der Waals surface area (Å²) in [6.45, 7) is 2.48. The number of hydrogen-bond donors (Lipinski definition) is 0. The zero-order valence-electron chi connectivity index (χ0n) is 16.1. The number of aryl methyl sites for hydroxylation is 1. The maximum Gasteiger partial charge on any atom is 0.244 e. The average molecular weight is 420 g/mol. The fraction of sp³-hybridized carbons (Fsp3) is 0.167. The van der Waals surface area contributed by atoms with E-state index in [1.807, 2.05) is 43.3 Å². The molecule has 0 aromatic heterocycles. The fourth-order valence-corrected chi connectivity index (χ4v) is 7.38. The normalized spacial score (nSPS) is 17.9. The Morgan fingerprint density at radius 2 is 1.45 bits per heavy atom. The van der Waals surface area contributed by atoms with Crippen LogP contribution in [0.5, 0.6) is 0 Å². The third-order valence-electron chi connectivity index (χ3n) is 5.54. The molecule has 1 atom stereocenters. The molecule has 1 heterocycles. The molecule has 0 saturated carbocycles. The van der Waals surface area contributed by atoms with Crippen LogP contribution >= 0.6 is 11.8 Å². The summed E-state index contributed by atoms with van der Waals surface area (Å²) in [7, 11) is -3.58. The third kappa shape index (κ3) is 3.14. The molecule has 1 unspecified atom stereocenters. The van der Waals surface area contributed by atoms with Gasteiger partial charge in [-0.2, -0.15) is 4.31 Å². The lowest BCUT2D eigenvalue weighted by molar-refractivity contribution is 0.437. The quantitative estimate of drug-likeness (QED) is 0.398. The van der Waals surface area contributed by atoms with Crippen molar-refractivity contribution in [3.8, 4) is 0 Å². The molecule has 1 saturated heterocycles. The van der Waals surface area contributed by atoms with Crippen molar-refractivity contribution < 1.29 is 8.42 Å². The molecule has 0 radical (unpaired) electrons. The van der Waals surface area contributed by atoms with E-state index in [0.717, 1.165) is 38.4 Å². The minimum Gasteiger partial charge on any atom is -0.207 e. The van der Waals surface area contributed by atoms with Crippen molar-refractivity contribution in [1.29, 1.82) is 0 Å². The summed E-state index contributed by atoms with van der Waals surface area (Å²) in [4.78, 5) is 0.361. The molecule has 0 N–H and O–H groups in total. The molecule has 1 aliphatic heterocycles. The Bertz CT molecular complexity index is 1260. The van der Waals surface area contributed by atoms with Crippen molar-refractivity contribution in [2.75, 3.05) is 12.3 Å². The Kier molecular flexibility index (Phi) is 4.62. The van der Waals surface area contributed by atoms with Gasteiger partial charge >= 0.3 is 0 Å². The first-order chi connectivity index (χ1) is 14.1. The minimum absolute atomic E-state index is 0.239. The number of rotatable bonds is 3. The second kappa shape index (κ2) is 7.17. The summed E-state index contributed by atoms with van der Waals surface area (Å²) >= 11 is 1.70. The molecular formula is C24H21NO2S2. The van der Waals surface area contributed by atoms with Crippen LogP contribution < -0.4 is 0 Å². The van der Waals surface area contributed by atoms with Crippen LogP contribution in [0.15, 0.2) is 83.8 Å². The molecule has 0 spiro atoms. The van der Waals surface area contributed by atoms with E-state index in [1.165, 1.54) is 0 Å². The second-order valence-corrected chi connectivity index (χ2v) is 10.5. The molecule has 146 valence electrons. The van der Waals surface area contributed by atoms with E-state index < -0.39 is 10.0 Å². The van der Waals surface area contributed by atoms with E-state index >= 15 is 0 Å². The van der Waals surface area contributed by atoms with Gasteiger partial charge in [0.05, 0.1) is 10.3 Å². The van der Waals surface area contributed by atoms with Crippen LogP contribution in [0.25, 0.3) is 21.5 Å². The summed E-state index contributed by atoms with van der Waals surface area (Å²) in [5, 5.41) is 4.28. The lowest BCUT2D eigenvalue weighted by atomic mass is 9.96. The van der Waals surface area contributed by atoms with Gasteiger partial charge in [-0.3, -0.25) is 0 Å². The summed E-state index contributed by atoms with van der Waals surface area (Å²) in [5.74, 6) is 0.785. The topological polar surface area (TPSA) is 37.4 Å². The largest absolute Gasteiger partial charge is 0.244 e. The second-order valence-electron chi connectivity index (χ2n) is 7.38. The fourth-order valence-electron chi connectivity index (χ4n) is 4.09. The zero-order chi connectivity index (χ0) is 20.0. The lowest BCUT2D eigenvalue weighted by Gasteiger charge is -2.26. The number of nitrogens with zero attached hydrogens (tertiary/aromatic N) is 1. The molecule has 3 nitrogen and oxygen atoms in total. The first-order valence-electron chi connectivity index (χ1n) is 9.66. The molecule has 1 aliphatic rings. The third-order valence-corrected chi connectivity index (χ3v) is 8.77. The summed E-state index contributed by atoms with van der Waals surface area (Å²) in [6.07, 6.45) is 0. The van der Waals surface area contributed by atoms with Gasteiger partial charge in [-0.1, -0.05) is 66.2 Å². The predicted octanol–water partition coefficient (Wildman–Crippen LogP) is 5.74. The van der Waals surface area contributed by atoms with E-state index in [4.69, 9.17) is 0 Å². The highest BCUT2D eigenvalue weighted by atomic mass is 32.2.